The van der Waals surface area contributed by atoms with Gasteiger partial charge in [-0.3, -0.25) is 9.69 Å². The number of amides is 1. The number of imidazole rings is 1. The minimum Gasteiger partial charge on any atom is -0.495 e. The molecule has 1 amide bonds. The average Bonchev–Trinajstić information content (AvgIpc) is 3.40. The van der Waals surface area contributed by atoms with Crippen molar-refractivity contribution in [2.75, 3.05) is 51.5 Å². The Labute approximate surface area is 266 Å². The summed E-state index contributed by atoms with van der Waals surface area (Å²) >= 11 is 0. The Balaban J connectivity index is 1.35. The van der Waals surface area contributed by atoms with Gasteiger partial charge >= 0.3 is 6.18 Å². The molecule has 3 aromatic rings. The lowest BCUT2D eigenvalue weighted by molar-refractivity contribution is -0.139. The summed E-state index contributed by atoms with van der Waals surface area (Å²) in [5.74, 6) is 5.95. The van der Waals surface area contributed by atoms with E-state index in [1.165, 1.54) is 25.3 Å². The zero-order valence-electron chi connectivity index (χ0n) is 26.0. The number of hydrogen-bond acceptors (Lipinski definition) is 8. The number of ether oxygens (including phenoxy) is 2. The van der Waals surface area contributed by atoms with E-state index in [0.29, 0.717) is 23.0 Å². The zero-order chi connectivity index (χ0) is 33.1. The largest absolute Gasteiger partial charge is 0.495 e. The lowest BCUT2D eigenvalue weighted by Crippen LogP contribution is -2.53. The highest BCUT2D eigenvalue weighted by molar-refractivity contribution is 7.90. The van der Waals surface area contributed by atoms with E-state index in [-0.39, 0.29) is 40.0 Å². The van der Waals surface area contributed by atoms with Gasteiger partial charge in [-0.25, -0.2) is 13.4 Å². The summed E-state index contributed by atoms with van der Waals surface area (Å²) in [5, 5.41) is 6.18. The second kappa shape index (κ2) is 13.9. The monoisotopic (exact) mass is 661 g/mol. The van der Waals surface area contributed by atoms with Crippen molar-refractivity contribution in [3.05, 3.63) is 47.8 Å². The van der Waals surface area contributed by atoms with Gasteiger partial charge < -0.3 is 24.7 Å². The van der Waals surface area contributed by atoms with Crippen LogP contribution in [0, 0.1) is 17.8 Å². The van der Waals surface area contributed by atoms with Crippen LogP contribution in [0.2, 0.25) is 0 Å². The highest BCUT2D eigenvalue weighted by Crippen LogP contribution is 2.29. The summed E-state index contributed by atoms with van der Waals surface area (Å²) in [6.07, 6.45) is 0.458. The van der Waals surface area contributed by atoms with Gasteiger partial charge in [-0.05, 0) is 49.4 Å². The van der Waals surface area contributed by atoms with Crippen molar-refractivity contribution in [2.24, 2.45) is 5.92 Å². The predicted octanol–water partition coefficient (Wildman–Crippen LogP) is 4.09. The van der Waals surface area contributed by atoms with Crippen molar-refractivity contribution in [3.8, 4) is 17.6 Å². The van der Waals surface area contributed by atoms with Gasteiger partial charge in [0.1, 0.15) is 17.8 Å². The molecule has 2 atom stereocenters. The quantitative estimate of drug-likeness (QED) is 0.347. The van der Waals surface area contributed by atoms with Gasteiger partial charge in [0, 0.05) is 56.3 Å². The molecule has 0 bridgehead atoms. The molecule has 46 heavy (non-hydrogen) atoms. The van der Waals surface area contributed by atoms with Crippen molar-refractivity contribution in [1.29, 1.82) is 0 Å². The van der Waals surface area contributed by atoms with Crippen LogP contribution in [0.1, 0.15) is 42.1 Å². The lowest BCUT2D eigenvalue weighted by Gasteiger charge is -2.42. The van der Waals surface area contributed by atoms with Crippen molar-refractivity contribution in [3.63, 3.8) is 0 Å². The molecule has 2 aromatic carbocycles. The Hall–Kier alpha value is -3.80. The van der Waals surface area contributed by atoms with Crippen molar-refractivity contribution >= 4 is 32.5 Å². The van der Waals surface area contributed by atoms with Crippen LogP contribution in [0.15, 0.2) is 41.6 Å². The Morgan fingerprint density at radius 1 is 1.17 bits per heavy atom. The molecule has 2 fully saturated rings. The number of alkyl halides is 3. The number of anilines is 1. The van der Waals surface area contributed by atoms with E-state index in [1.54, 1.807) is 12.1 Å². The first-order valence-corrected chi connectivity index (χ1v) is 17.0. The summed E-state index contributed by atoms with van der Waals surface area (Å²) in [6.45, 7) is 4.15. The molecule has 3 heterocycles. The molecule has 0 spiro atoms. The van der Waals surface area contributed by atoms with E-state index >= 15 is 0 Å². The smallest absolute Gasteiger partial charge is 0.406 e. The number of nitrogens with one attached hydrogen (secondary N) is 2. The number of benzene rings is 2. The molecule has 10 nitrogen and oxygen atoms in total. The predicted molar refractivity (Wildman–Crippen MR) is 168 cm³/mol. The maximum absolute atomic E-state index is 13.7. The second-order valence-corrected chi connectivity index (χ2v) is 13.9. The third kappa shape index (κ3) is 8.12. The van der Waals surface area contributed by atoms with Gasteiger partial charge in [-0.2, -0.15) is 13.2 Å². The Morgan fingerprint density at radius 3 is 2.61 bits per heavy atom. The van der Waals surface area contributed by atoms with Crippen LogP contribution < -0.4 is 15.4 Å². The Morgan fingerprint density at radius 2 is 1.93 bits per heavy atom. The molecule has 5 rings (SSSR count). The SMILES string of the molecule is COc1cc(S(C)(=O)=O)ccc1NCC#Cc1cc(C(=O)N[C@H]2CCN(C3CCOCC3)C[C@@H]2C)c2ncn(CC(F)(F)F)c2c1. The normalized spacial score (nSPS) is 19.8. The van der Waals surface area contributed by atoms with Crippen LogP contribution in [0.3, 0.4) is 0 Å². The molecule has 2 aliphatic heterocycles. The molecular formula is C32H38F3N5O5S. The van der Waals surface area contributed by atoms with Gasteiger partial charge in [0.05, 0.1) is 41.6 Å². The lowest BCUT2D eigenvalue weighted by atomic mass is 9.91. The molecule has 2 aliphatic rings. The Kier molecular flexibility index (Phi) is 10.1. The topological polar surface area (TPSA) is 115 Å². The van der Waals surface area contributed by atoms with Crippen LogP contribution >= 0.6 is 0 Å². The van der Waals surface area contributed by atoms with Gasteiger partial charge in [0.15, 0.2) is 9.84 Å². The minimum absolute atomic E-state index is 0.0982. The van der Waals surface area contributed by atoms with E-state index in [1.807, 2.05) is 0 Å². The van der Waals surface area contributed by atoms with Crippen LogP contribution in [0.25, 0.3) is 11.0 Å². The first-order valence-electron chi connectivity index (χ1n) is 15.1. The maximum atomic E-state index is 13.7. The molecule has 2 N–H and O–H groups in total. The van der Waals surface area contributed by atoms with Crippen LogP contribution in [0.5, 0.6) is 5.75 Å². The third-order valence-corrected chi connectivity index (χ3v) is 9.59. The fourth-order valence-corrected chi connectivity index (χ4v) is 6.72. The fraction of sp³-hybridized carbons (Fsp3) is 0.500. The number of nitrogens with zero attached hydrogens (tertiary/aromatic N) is 3. The molecular weight excluding hydrogens is 623 g/mol. The number of carbonyl (C=O) groups is 1. The van der Waals surface area contributed by atoms with Crippen LogP contribution in [-0.2, 0) is 21.1 Å². The molecule has 1 aromatic heterocycles. The fourth-order valence-electron chi connectivity index (χ4n) is 6.08. The minimum atomic E-state index is -4.48. The highest BCUT2D eigenvalue weighted by Gasteiger charge is 2.33. The maximum Gasteiger partial charge on any atom is 0.406 e. The van der Waals surface area contributed by atoms with Gasteiger partial charge in [0.2, 0.25) is 0 Å². The van der Waals surface area contributed by atoms with Gasteiger partial charge in [-0.15, -0.1) is 0 Å². The summed E-state index contributed by atoms with van der Waals surface area (Å²) in [6, 6.07) is 7.84. The summed E-state index contributed by atoms with van der Waals surface area (Å²) in [7, 11) is -2.01. The highest BCUT2D eigenvalue weighted by atomic mass is 32.2. The van der Waals surface area contributed by atoms with E-state index in [2.05, 4.69) is 39.3 Å². The third-order valence-electron chi connectivity index (χ3n) is 8.48. The van der Waals surface area contributed by atoms with E-state index in [9.17, 15) is 26.4 Å². The number of likely N-dealkylation sites (tertiary alicyclic amines) is 1. The van der Waals surface area contributed by atoms with Crippen molar-refractivity contribution in [1.82, 2.24) is 19.8 Å². The van der Waals surface area contributed by atoms with Crippen LogP contribution in [-0.4, -0.2) is 93.2 Å². The number of carbonyl (C=O) groups excluding carboxylic acids is 1. The number of sulfone groups is 1. The van der Waals surface area contributed by atoms with Crippen molar-refractivity contribution in [2.45, 2.75) is 55.9 Å². The molecule has 248 valence electrons. The van der Waals surface area contributed by atoms with Gasteiger partial charge in [-0.1, -0.05) is 18.8 Å². The number of rotatable bonds is 8. The molecule has 0 unspecified atom stereocenters. The van der Waals surface area contributed by atoms with Crippen molar-refractivity contribution < 1.29 is 35.9 Å². The summed E-state index contributed by atoms with van der Waals surface area (Å²) < 4.78 is 75.6. The zero-order valence-corrected chi connectivity index (χ0v) is 26.8. The van der Waals surface area contributed by atoms with E-state index < -0.39 is 28.5 Å². The Bertz CT molecular complexity index is 1740. The standard InChI is InChI=1S/C32H38F3N5O5S/c1-21-18-39(23-9-13-45-14-10-23)12-8-26(21)38-31(41)25-15-22(16-28-30(25)37-20-40(28)19-32(33,34)35)5-4-11-36-27-7-6-24(46(3,42)43)17-29(27)44-2/h6-7,15-17,20-21,23,26,36H,8-14,18-19H2,1-3H3,(H,38,41)/t21-,26-/m0/s1. The molecule has 2 saturated heterocycles. The molecule has 14 heteroatoms. The molecule has 0 aliphatic carbocycles. The summed E-state index contributed by atoms with van der Waals surface area (Å²) in [5.41, 5.74) is 1.36. The van der Waals surface area contributed by atoms with Crippen LogP contribution in [0.4, 0.5) is 18.9 Å². The number of hydrogen-bond donors (Lipinski definition) is 2. The van der Waals surface area contributed by atoms with E-state index in [0.717, 1.165) is 62.7 Å². The number of aromatic nitrogens is 2. The van der Waals surface area contributed by atoms with Gasteiger partial charge in [0.25, 0.3) is 5.91 Å². The number of halogens is 3. The number of methoxy groups -OCH3 is 1. The second-order valence-electron chi connectivity index (χ2n) is 11.9. The average molecular weight is 662 g/mol. The summed E-state index contributed by atoms with van der Waals surface area (Å²) in [4.78, 5) is 20.4. The number of piperidine rings is 1. The first-order chi connectivity index (χ1) is 21.8. The van der Waals surface area contributed by atoms with E-state index in [4.69, 9.17) is 9.47 Å². The first kappa shape index (κ1) is 33.6. The number of fused-ring (bicyclic) bond motifs is 1. The molecule has 0 radical (unpaired) electrons. The molecule has 0 saturated carbocycles.